The fourth-order valence-corrected chi connectivity index (χ4v) is 3.47. The van der Waals surface area contributed by atoms with Crippen LogP contribution in [-0.2, 0) is 29.7 Å². The van der Waals surface area contributed by atoms with Crippen molar-refractivity contribution in [3.63, 3.8) is 0 Å². The Morgan fingerprint density at radius 1 is 0.929 bits per heavy atom. The van der Waals surface area contributed by atoms with Crippen LogP contribution in [0.3, 0.4) is 0 Å². The molecule has 0 heterocycles. The lowest BCUT2D eigenvalue weighted by Gasteiger charge is -2.35. The summed E-state index contributed by atoms with van der Waals surface area (Å²) in [5.41, 5.74) is -0.624. The lowest BCUT2D eigenvalue weighted by Crippen LogP contribution is -2.63. The molecule has 1 amide bonds. The van der Waals surface area contributed by atoms with Gasteiger partial charge in [-0.3, -0.25) is 0 Å². The average molecular weight is 428 g/mol. The number of rotatable bonds is 10. The van der Waals surface area contributed by atoms with Gasteiger partial charge in [-0.15, -0.1) is 0 Å². The number of amides is 1. The molecular weight excluding hydrogens is 394 g/mol. The second-order valence-corrected chi connectivity index (χ2v) is 17.6. The van der Waals surface area contributed by atoms with Gasteiger partial charge in [-0.1, -0.05) is 30.3 Å². The van der Waals surface area contributed by atoms with Crippen LogP contribution in [0.4, 0.5) is 4.79 Å². The number of hydrogen-bond acceptors (Lipinski definition) is 6. The summed E-state index contributed by atoms with van der Waals surface area (Å²) in [6.45, 7) is 12.0. The van der Waals surface area contributed by atoms with Crippen molar-refractivity contribution in [3.8, 4) is 0 Å². The Morgan fingerprint density at radius 2 is 1.43 bits per heavy atom. The highest BCUT2D eigenvalue weighted by Gasteiger charge is 2.44. The quantitative estimate of drug-likeness (QED) is 0.454. The molecule has 0 aromatic heterocycles. The number of methoxy groups -OCH3 is 1. The summed E-state index contributed by atoms with van der Waals surface area (Å²) in [6.07, 6.45) is -0.729. The fraction of sp³-hybridized carbons (Fsp3) is 0.579. The number of ether oxygens (including phenoxy) is 2. The molecule has 0 saturated heterocycles. The van der Waals surface area contributed by atoms with Gasteiger partial charge < -0.3 is 23.6 Å². The minimum atomic E-state index is -1.97. The van der Waals surface area contributed by atoms with E-state index in [-0.39, 0.29) is 19.8 Å². The van der Waals surface area contributed by atoms with Crippen molar-refractivity contribution in [3.05, 3.63) is 35.9 Å². The Balaban J connectivity index is 2.97. The standard InChI is InChI=1S/C19H33NO6Si2/c1-23-17(21)19(14-25-27(2,3)4,15-26-28(5,6)7)20-18(22)24-13-16-11-9-8-10-12-16/h8-12H,13-15H2,1-7H3,(H,20,22). The van der Waals surface area contributed by atoms with E-state index < -0.39 is 34.2 Å². The molecule has 1 rings (SSSR count). The summed E-state index contributed by atoms with van der Waals surface area (Å²) in [5.74, 6) is -0.624. The molecule has 0 spiro atoms. The molecule has 1 N–H and O–H groups in total. The second kappa shape index (κ2) is 10.2. The van der Waals surface area contributed by atoms with Gasteiger partial charge in [-0.25, -0.2) is 9.59 Å². The van der Waals surface area contributed by atoms with Crippen LogP contribution in [0, 0.1) is 0 Å². The Labute approximate surface area is 170 Å². The number of esters is 1. The van der Waals surface area contributed by atoms with Crippen LogP contribution in [0.2, 0.25) is 39.3 Å². The van der Waals surface area contributed by atoms with Crippen LogP contribution in [-0.4, -0.2) is 54.6 Å². The first-order valence-corrected chi connectivity index (χ1v) is 16.0. The largest absolute Gasteiger partial charge is 0.467 e. The molecule has 1 aromatic rings. The van der Waals surface area contributed by atoms with Crippen LogP contribution in [0.5, 0.6) is 0 Å². The first-order valence-electron chi connectivity index (χ1n) is 9.22. The number of carbonyl (C=O) groups is 2. The maximum atomic E-state index is 12.7. The number of hydrogen-bond donors (Lipinski definition) is 1. The lowest BCUT2D eigenvalue weighted by molar-refractivity contribution is -0.151. The summed E-state index contributed by atoms with van der Waals surface area (Å²) in [6, 6.07) is 9.30. The minimum absolute atomic E-state index is 0.0414. The number of carbonyl (C=O) groups excluding carboxylic acids is 2. The Kier molecular flexibility index (Phi) is 8.87. The maximum absolute atomic E-state index is 12.7. The first-order chi connectivity index (χ1) is 12.9. The lowest BCUT2D eigenvalue weighted by atomic mass is 10.0. The highest BCUT2D eigenvalue weighted by molar-refractivity contribution is 6.70. The molecule has 1 aromatic carbocycles. The van der Waals surface area contributed by atoms with E-state index in [1.807, 2.05) is 69.6 Å². The molecule has 0 bridgehead atoms. The predicted octanol–water partition coefficient (Wildman–Crippen LogP) is 3.53. The van der Waals surface area contributed by atoms with Gasteiger partial charge in [-0.2, -0.15) is 0 Å². The number of nitrogens with one attached hydrogen (secondary N) is 1. The predicted molar refractivity (Wildman–Crippen MR) is 113 cm³/mol. The van der Waals surface area contributed by atoms with Gasteiger partial charge in [0.15, 0.2) is 22.2 Å². The highest BCUT2D eigenvalue weighted by Crippen LogP contribution is 2.17. The molecule has 7 nitrogen and oxygen atoms in total. The summed E-state index contributed by atoms with van der Waals surface area (Å²) in [5, 5.41) is 2.66. The molecule has 0 saturated carbocycles. The third-order valence-corrected chi connectivity index (χ3v) is 5.65. The SMILES string of the molecule is COC(=O)C(CO[Si](C)(C)C)(CO[Si](C)(C)C)NC(=O)OCc1ccccc1. The van der Waals surface area contributed by atoms with Crippen molar-refractivity contribution in [2.45, 2.75) is 51.4 Å². The van der Waals surface area contributed by atoms with Crippen molar-refractivity contribution in [1.82, 2.24) is 5.32 Å². The van der Waals surface area contributed by atoms with Gasteiger partial charge in [0.1, 0.15) is 6.61 Å². The van der Waals surface area contributed by atoms with E-state index in [2.05, 4.69) is 5.32 Å². The van der Waals surface area contributed by atoms with Crippen LogP contribution < -0.4 is 5.32 Å². The molecular formula is C19H33NO6Si2. The molecule has 9 heteroatoms. The zero-order valence-corrected chi connectivity index (χ0v) is 20.0. The van der Waals surface area contributed by atoms with Gasteiger partial charge in [0.2, 0.25) is 0 Å². The average Bonchev–Trinajstić information content (AvgIpc) is 2.61. The molecule has 28 heavy (non-hydrogen) atoms. The molecule has 0 fully saturated rings. The molecule has 0 radical (unpaired) electrons. The highest BCUT2D eigenvalue weighted by atomic mass is 28.4. The third kappa shape index (κ3) is 9.00. The van der Waals surface area contributed by atoms with Gasteiger partial charge in [0.25, 0.3) is 0 Å². The summed E-state index contributed by atoms with van der Waals surface area (Å²) in [7, 11) is -2.66. The Morgan fingerprint density at radius 3 is 1.86 bits per heavy atom. The van der Waals surface area contributed by atoms with E-state index in [0.29, 0.717) is 0 Å². The van der Waals surface area contributed by atoms with Crippen molar-refractivity contribution in [1.29, 1.82) is 0 Å². The summed E-state index contributed by atoms with van der Waals surface area (Å²) < 4.78 is 22.2. The maximum Gasteiger partial charge on any atom is 0.408 e. The van der Waals surface area contributed by atoms with Gasteiger partial charge in [0, 0.05) is 0 Å². The molecule has 0 unspecified atom stereocenters. The van der Waals surface area contributed by atoms with Crippen LogP contribution >= 0.6 is 0 Å². The smallest absolute Gasteiger partial charge is 0.408 e. The number of benzene rings is 1. The monoisotopic (exact) mass is 427 g/mol. The minimum Gasteiger partial charge on any atom is -0.467 e. The van der Waals surface area contributed by atoms with Crippen molar-refractivity contribution in [2.75, 3.05) is 20.3 Å². The van der Waals surface area contributed by atoms with Crippen molar-refractivity contribution in [2.24, 2.45) is 0 Å². The van der Waals surface area contributed by atoms with E-state index in [1.54, 1.807) is 0 Å². The van der Waals surface area contributed by atoms with Gasteiger partial charge >= 0.3 is 12.1 Å². The number of alkyl carbamates (subject to hydrolysis) is 1. The van der Waals surface area contributed by atoms with Crippen LogP contribution in [0.15, 0.2) is 30.3 Å². The molecule has 0 aliphatic carbocycles. The zero-order chi connectivity index (χ0) is 21.4. The van der Waals surface area contributed by atoms with E-state index in [4.69, 9.17) is 18.3 Å². The zero-order valence-electron chi connectivity index (χ0n) is 18.0. The van der Waals surface area contributed by atoms with Crippen molar-refractivity contribution < 1.29 is 27.9 Å². The molecule has 0 aliphatic heterocycles. The van der Waals surface area contributed by atoms with Gasteiger partial charge in [-0.05, 0) is 44.8 Å². The topological polar surface area (TPSA) is 83.1 Å². The van der Waals surface area contributed by atoms with E-state index in [1.165, 1.54) is 7.11 Å². The van der Waals surface area contributed by atoms with Crippen molar-refractivity contribution >= 4 is 28.7 Å². The third-order valence-electron chi connectivity index (χ3n) is 3.63. The van der Waals surface area contributed by atoms with Crippen LogP contribution in [0.25, 0.3) is 0 Å². The Bertz CT molecular complexity index is 622. The molecule has 0 aliphatic rings. The fourth-order valence-electron chi connectivity index (χ4n) is 2.11. The first kappa shape index (κ1) is 24.4. The van der Waals surface area contributed by atoms with E-state index in [9.17, 15) is 9.59 Å². The molecule has 0 atom stereocenters. The molecule has 158 valence electrons. The summed E-state index contributed by atoms with van der Waals surface area (Å²) in [4.78, 5) is 25.1. The van der Waals surface area contributed by atoms with Crippen LogP contribution in [0.1, 0.15) is 5.56 Å². The second-order valence-electron chi connectivity index (χ2n) is 8.56. The Hall–Kier alpha value is -1.69. The summed E-state index contributed by atoms with van der Waals surface area (Å²) >= 11 is 0. The van der Waals surface area contributed by atoms with Gasteiger partial charge in [0.05, 0.1) is 20.3 Å². The van der Waals surface area contributed by atoms with E-state index in [0.717, 1.165) is 5.56 Å². The van der Waals surface area contributed by atoms with E-state index >= 15 is 0 Å². The normalized spacial score (nSPS) is 12.4.